The lowest BCUT2D eigenvalue weighted by molar-refractivity contribution is -0.134. The summed E-state index contributed by atoms with van der Waals surface area (Å²) in [4.78, 5) is 11.2. The van der Waals surface area contributed by atoms with Crippen LogP contribution >= 0.6 is 0 Å². The molecule has 0 bridgehead atoms. The average molecular weight is 196 g/mol. The molecule has 0 spiro atoms. The monoisotopic (exact) mass is 196 g/mol. The van der Waals surface area contributed by atoms with Gasteiger partial charge in [0.15, 0.2) is 0 Å². The number of rotatable bonds is 1. The largest absolute Gasteiger partial charge is 0.478 e. The van der Waals surface area contributed by atoms with Crippen molar-refractivity contribution < 1.29 is 9.90 Å². The molecule has 14 heavy (non-hydrogen) atoms. The van der Waals surface area contributed by atoms with E-state index in [2.05, 4.69) is 13.8 Å². The maximum absolute atomic E-state index is 11.2. The van der Waals surface area contributed by atoms with Crippen LogP contribution in [0.1, 0.15) is 41.0 Å². The van der Waals surface area contributed by atoms with E-state index < -0.39 is 5.97 Å². The van der Waals surface area contributed by atoms with E-state index in [9.17, 15) is 9.90 Å². The number of allylic oxidation sites excluding steroid dienone is 1. The van der Waals surface area contributed by atoms with E-state index in [1.54, 1.807) is 0 Å². The van der Waals surface area contributed by atoms with Crippen LogP contribution in [0.2, 0.25) is 0 Å². The molecule has 0 aromatic heterocycles. The Kier molecular flexibility index (Phi) is 2.75. The van der Waals surface area contributed by atoms with Gasteiger partial charge in [0, 0.05) is 5.57 Å². The molecule has 1 rings (SSSR count). The Morgan fingerprint density at radius 3 is 2.36 bits per heavy atom. The highest BCUT2D eigenvalue weighted by Gasteiger charge is 2.40. The summed E-state index contributed by atoms with van der Waals surface area (Å²) in [5.74, 6) is 0.0994. The highest BCUT2D eigenvalue weighted by Crippen LogP contribution is 2.46. The number of hydrogen-bond donors (Lipinski definition) is 1. The van der Waals surface area contributed by atoms with Gasteiger partial charge in [0.25, 0.3) is 0 Å². The van der Waals surface area contributed by atoms with Crippen molar-refractivity contribution in [1.29, 1.82) is 0 Å². The van der Waals surface area contributed by atoms with Gasteiger partial charge < -0.3 is 5.11 Å². The first-order chi connectivity index (χ1) is 6.28. The molecule has 0 heterocycles. The second-order valence-electron chi connectivity index (χ2n) is 5.12. The van der Waals surface area contributed by atoms with Crippen LogP contribution in [0.15, 0.2) is 11.1 Å². The first-order valence-electron chi connectivity index (χ1n) is 5.23. The third kappa shape index (κ3) is 1.58. The molecule has 0 fully saturated rings. The Bertz CT molecular complexity index is 287. The van der Waals surface area contributed by atoms with Gasteiger partial charge in [0.2, 0.25) is 0 Å². The van der Waals surface area contributed by atoms with Gasteiger partial charge in [-0.05, 0) is 30.6 Å². The van der Waals surface area contributed by atoms with E-state index in [0.717, 1.165) is 12.0 Å². The van der Waals surface area contributed by atoms with Crippen LogP contribution in [0.4, 0.5) is 0 Å². The van der Waals surface area contributed by atoms with Gasteiger partial charge in [-0.1, -0.05) is 33.3 Å². The fraction of sp³-hybridized carbons (Fsp3) is 0.750. The van der Waals surface area contributed by atoms with Gasteiger partial charge in [-0.25, -0.2) is 4.79 Å². The smallest absolute Gasteiger partial charge is 0.332 e. The quantitative estimate of drug-likeness (QED) is 0.699. The Balaban J connectivity index is 3.26. The summed E-state index contributed by atoms with van der Waals surface area (Å²) in [6.07, 6.45) is 1.09. The summed E-state index contributed by atoms with van der Waals surface area (Å²) in [6, 6.07) is 0. The van der Waals surface area contributed by atoms with Crippen molar-refractivity contribution in [2.24, 2.45) is 17.3 Å². The first-order valence-corrected chi connectivity index (χ1v) is 5.23. The minimum Gasteiger partial charge on any atom is -0.478 e. The lowest BCUT2D eigenvalue weighted by Crippen LogP contribution is -2.35. The highest BCUT2D eigenvalue weighted by molar-refractivity contribution is 5.89. The summed E-state index contributed by atoms with van der Waals surface area (Å²) < 4.78 is 0. The molecule has 0 aromatic carbocycles. The van der Waals surface area contributed by atoms with Gasteiger partial charge in [-0.3, -0.25) is 0 Å². The van der Waals surface area contributed by atoms with Crippen LogP contribution in [-0.2, 0) is 4.79 Å². The van der Waals surface area contributed by atoms with Crippen molar-refractivity contribution in [2.75, 3.05) is 0 Å². The summed E-state index contributed by atoms with van der Waals surface area (Å²) in [6.45, 7) is 10.3. The topological polar surface area (TPSA) is 37.3 Å². The molecule has 2 heteroatoms. The molecule has 1 aliphatic rings. The summed E-state index contributed by atoms with van der Waals surface area (Å²) in [5.41, 5.74) is 1.49. The number of aliphatic carboxylic acids is 1. The molecule has 2 unspecified atom stereocenters. The Morgan fingerprint density at radius 2 is 1.93 bits per heavy atom. The van der Waals surface area contributed by atoms with Crippen molar-refractivity contribution >= 4 is 5.97 Å². The molecule has 0 amide bonds. The van der Waals surface area contributed by atoms with Crippen LogP contribution < -0.4 is 0 Å². The Labute approximate surface area is 86.0 Å². The van der Waals surface area contributed by atoms with Gasteiger partial charge in [-0.2, -0.15) is 0 Å². The number of carboxylic acid groups (broad SMARTS) is 1. The molecule has 2 nitrogen and oxygen atoms in total. The minimum atomic E-state index is -0.745. The lowest BCUT2D eigenvalue weighted by atomic mass is 9.63. The molecule has 80 valence electrons. The number of carbonyl (C=O) groups is 1. The molecular formula is C12H20O2. The normalized spacial score (nSPS) is 31.8. The van der Waals surface area contributed by atoms with E-state index in [-0.39, 0.29) is 5.41 Å². The lowest BCUT2D eigenvalue weighted by Gasteiger charge is -2.40. The Morgan fingerprint density at radius 1 is 1.43 bits per heavy atom. The van der Waals surface area contributed by atoms with Crippen LogP contribution in [0, 0.1) is 17.3 Å². The standard InChI is InChI=1S/C12H20O2/c1-7-6-8(2)12(4,5)10(9(7)3)11(13)14/h7-8H,6H2,1-5H3,(H,13,14). The molecule has 0 aliphatic heterocycles. The van der Waals surface area contributed by atoms with Gasteiger partial charge in [0.05, 0.1) is 0 Å². The zero-order valence-electron chi connectivity index (χ0n) is 9.72. The summed E-state index contributed by atoms with van der Waals surface area (Å²) in [7, 11) is 0. The number of carboxylic acids is 1. The van der Waals surface area contributed by atoms with Crippen molar-refractivity contribution in [2.45, 2.75) is 41.0 Å². The molecule has 0 radical (unpaired) electrons. The predicted octanol–water partition coefficient (Wildman–Crippen LogP) is 3.09. The minimum absolute atomic E-state index is 0.192. The van der Waals surface area contributed by atoms with Crippen LogP contribution in [0.3, 0.4) is 0 Å². The zero-order chi connectivity index (χ0) is 11.1. The van der Waals surface area contributed by atoms with Crippen molar-refractivity contribution in [1.82, 2.24) is 0 Å². The third-order valence-electron chi connectivity index (χ3n) is 3.93. The molecular weight excluding hydrogens is 176 g/mol. The van der Waals surface area contributed by atoms with E-state index in [0.29, 0.717) is 17.4 Å². The van der Waals surface area contributed by atoms with Crippen LogP contribution in [0.5, 0.6) is 0 Å². The van der Waals surface area contributed by atoms with Crippen molar-refractivity contribution in [3.8, 4) is 0 Å². The summed E-state index contributed by atoms with van der Waals surface area (Å²) >= 11 is 0. The fourth-order valence-corrected chi connectivity index (χ4v) is 2.45. The predicted molar refractivity (Wildman–Crippen MR) is 57.1 cm³/mol. The molecule has 1 aliphatic carbocycles. The Hall–Kier alpha value is -0.790. The SMILES string of the molecule is CC1=C(C(=O)O)C(C)(C)C(C)CC1C. The van der Waals surface area contributed by atoms with E-state index >= 15 is 0 Å². The average Bonchev–Trinajstić information content (AvgIpc) is 2.00. The molecule has 0 saturated heterocycles. The van der Waals surface area contributed by atoms with Crippen LogP contribution in [0.25, 0.3) is 0 Å². The van der Waals surface area contributed by atoms with Gasteiger partial charge in [0.1, 0.15) is 0 Å². The van der Waals surface area contributed by atoms with Gasteiger partial charge >= 0.3 is 5.97 Å². The van der Waals surface area contributed by atoms with E-state index in [1.165, 1.54) is 0 Å². The van der Waals surface area contributed by atoms with E-state index in [4.69, 9.17) is 0 Å². The molecule has 0 aromatic rings. The molecule has 2 atom stereocenters. The maximum atomic E-state index is 11.2. The highest BCUT2D eigenvalue weighted by atomic mass is 16.4. The van der Waals surface area contributed by atoms with Crippen molar-refractivity contribution in [3.63, 3.8) is 0 Å². The van der Waals surface area contributed by atoms with Crippen LogP contribution in [-0.4, -0.2) is 11.1 Å². The molecule has 0 saturated carbocycles. The maximum Gasteiger partial charge on any atom is 0.332 e. The molecule has 1 N–H and O–H groups in total. The second kappa shape index (κ2) is 3.41. The summed E-state index contributed by atoms with van der Waals surface area (Å²) in [5, 5.41) is 9.22. The third-order valence-corrected chi connectivity index (χ3v) is 3.93. The van der Waals surface area contributed by atoms with Gasteiger partial charge in [-0.15, -0.1) is 0 Å². The zero-order valence-corrected chi connectivity index (χ0v) is 9.72. The first kappa shape index (κ1) is 11.3. The second-order valence-corrected chi connectivity index (χ2v) is 5.12. The van der Waals surface area contributed by atoms with E-state index in [1.807, 2.05) is 20.8 Å². The van der Waals surface area contributed by atoms with Crippen molar-refractivity contribution in [3.05, 3.63) is 11.1 Å². The fourth-order valence-electron chi connectivity index (χ4n) is 2.45. The number of hydrogen-bond acceptors (Lipinski definition) is 1.